The summed E-state index contributed by atoms with van der Waals surface area (Å²) in [6.45, 7) is 0. The van der Waals surface area contributed by atoms with Crippen molar-refractivity contribution in [2.45, 2.75) is 0 Å². The normalized spacial score (nSPS) is 13.6. The van der Waals surface area contributed by atoms with E-state index in [0.29, 0.717) is 0 Å². The molecule has 1 aliphatic heterocycles. The zero-order valence-corrected chi connectivity index (χ0v) is 8.80. The third-order valence-corrected chi connectivity index (χ3v) is 2.36. The van der Waals surface area contributed by atoms with Crippen LogP contribution in [0.25, 0.3) is 0 Å². The minimum atomic E-state index is -1.28. The Labute approximate surface area is 95.8 Å². The van der Waals surface area contributed by atoms with Crippen LogP contribution in [-0.2, 0) is 14.3 Å². The molecule has 0 unspecified atom stereocenters. The SMILES string of the molecule is COC(=O)C(=O)N1C(=O)c2ccccc2C1=O. The van der Waals surface area contributed by atoms with Crippen LogP contribution in [0.5, 0.6) is 0 Å². The molecule has 6 nitrogen and oxygen atoms in total. The van der Waals surface area contributed by atoms with E-state index in [4.69, 9.17) is 0 Å². The monoisotopic (exact) mass is 233 g/mol. The summed E-state index contributed by atoms with van der Waals surface area (Å²) in [6, 6.07) is 5.96. The number of ether oxygens (including phenoxy) is 1. The Morgan fingerprint density at radius 2 is 1.53 bits per heavy atom. The van der Waals surface area contributed by atoms with Crippen LogP contribution in [0.3, 0.4) is 0 Å². The molecule has 1 aromatic carbocycles. The fourth-order valence-electron chi connectivity index (χ4n) is 1.55. The predicted octanol–water partition coefficient (Wildman–Crippen LogP) is -0.0178. The largest absolute Gasteiger partial charge is 0.462 e. The predicted molar refractivity (Wildman–Crippen MR) is 54.0 cm³/mol. The first-order chi connectivity index (χ1) is 8.07. The van der Waals surface area contributed by atoms with Crippen LogP contribution in [0.4, 0.5) is 0 Å². The standard InChI is InChI=1S/C11H7NO5/c1-17-11(16)10(15)12-8(13)6-4-2-3-5-7(6)9(12)14/h2-5H,1H3. The van der Waals surface area contributed by atoms with Gasteiger partial charge in [0.05, 0.1) is 18.2 Å². The molecule has 3 amide bonds. The van der Waals surface area contributed by atoms with Crippen molar-refractivity contribution in [1.82, 2.24) is 4.90 Å². The number of rotatable bonds is 0. The van der Waals surface area contributed by atoms with Gasteiger partial charge in [0, 0.05) is 0 Å². The second-order valence-electron chi connectivity index (χ2n) is 3.29. The maximum atomic E-state index is 11.7. The van der Waals surface area contributed by atoms with E-state index in [9.17, 15) is 19.2 Å². The lowest BCUT2D eigenvalue weighted by molar-refractivity contribution is -0.155. The highest BCUT2D eigenvalue weighted by molar-refractivity contribution is 6.44. The first kappa shape index (κ1) is 11.0. The summed E-state index contributed by atoms with van der Waals surface area (Å²) in [7, 11) is 0.998. The third kappa shape index (κ3) is 1.50. The molecule has 0 aliphatic carbocycles. The second kappa shape index (κ2) is 3.82. The van der Waals surface area contributed by atoms with Gasteiger partial charge in [-0.05, 0) is 12.1 Å². The Bertz CT molecular complexity index is 514. The highest BCUT2D eigenvalue weighted by Gasteiger charge is 2.42. The Morgan fingerprint density at radius 1 is 1.06 bits per heavy atom. The number of hydrogen-bond acceptors (Lipinski definition) is 5. The first-order valence-electron chi connectivity index (χ1n) is 4.68. The number of nitrogens with zero attached hydrogens (tertiary/aromatic N) is 1. The number of esters is 1. The molecule has 0 spiro atoms. The zero-order valence-electron chi connectivity index (χ0n) is 8.80. The number of methoxy groups -OCH3 is 1. The average Bonchev–Trinajstić information content (AvgIpc) is 2.61. The van der Waals surface area contributed by atoms with Crippen LogP contribution >= 0.6 is 0 Å². The Hall–Kier alpha value is -2.50. The summed E-state index contributed by atoms with van der Waals surface area (Å²) >= 11 is 0. The molecule has 0 N–H and O–H groups in total. The fraction of sp³-hybridized carbons (Fsp3) is 0.0909. The number of carbonyl (C=O) groups excluding carboxylic acids is 4. The van der Waals surface area contributed by atoms with Crippen molar-refractivity contribution < 1.29 is 23.9 Å². The van der Waals surface area contributed by atoms with Crippen LogP contribution in [-0.4, -0.2) is 35.7 Å². The summed E-state index contributed by atoms with van der Waals surface area (Å²) in [6.07, 6.45) is 0. The number of benzene rings is 1. The second-order valence-corrected chi connectivity index (χ2v) is 3.29. The zero-order chi connectivity index (χ0) is 12.6. The molecule has 1 aliphatic rings. The Balaban J connectivity index is 2.43. The van der Waals surface area contributed by atoms with E-state index in [1.807, 2.05) is 0 Å². The van der Waals surface area contributed by atoms with Crippen molar-refractivity contribution >= 4 is 23.7 Å². The van der Waals surface area contributed by atoms with E-state index in [0.717, 1.165) is 7.11 Å². The smallest absolute Gasteiger partial charge is 0.397 e. The van der Waals surface area contributed by atoms with Crippen molar-refractivity contribution in [1.29, 1.82) is 0 Å². The number of amides is 3. The summed E-state index contributed by atoms with van der Waals surface area (Å²) in [5.74, 6) is -4.14. The van der Waals surface area contributed by atoms with Crippen molar-refractivity contribution in [2.24, 2.45) is 0 Å². The van der Waals surface area contributed by atoms with Crippen LogP contribution in [0.15, 0.2) is 24.3 Å². The van der Waals surface area contributed by atoms with Gasteiger partial charge in [-0.15, -0.1) is 0 Å². The maximum absolute atomic E-state index is 11.7. The minimum Gasteiger partial charge on any atom is -0.462 e. The van der Waals surface area contributed by atoms with Gasteiger partial charge in [-0.1, -0.05) is 12.1 Å². The Morgan fingerprint density at radius 3 is 1.94 bits per heavy atom. The first-order valence-corrected chi connectivity index (χ1v) is 4.68. The number of hydrogen-bond donors (Lipinski definition) is 0. The highest BCUT2D eigenvalue weighted by Crippen LogP contribution is 2.22. The molecule has 6 heteroatoms. The van der Waals surface area contributed by atoms with Gasteiger partial charge < -0.3 is 4.74 Å². The molecule has 1 aromatic rings. The summed E-state index contributed by atoms with van der Waals surface area (Å²) in [5, 5.41) is 0. The quantitative estimate of drug-likeness (QED) is 0.357. The lowest BCUT2D eigenvalue weighted by Gasteiger charge is -2.09. The van der Waals surface area contributed by atoms with Gasteiger partial charge in [0.15, 0.2) is 0 Å². The average molecular weight is 233 g/mol. The molecule has 0 bridgehead atoms. The number of fused-ring (bicyclic) bond motifs is 1. The maximum Gasteiger partial charge on any atom is 0.397 e. The van der Waals surface area contributed by atoms with E-state index >= 15 is 0 Å². The van der Waals surface area contributed by atoms with Crippen molar-refractivity contribution in [3.8, 4) is 0 Å². The van der Waals surface area contributed by atoms with Crippen LogP contribution in [0.1, 0.15) is 20.7 Å². The number of carbonyl (C=O) groups is 4. The lowest BCUT2D eigenvalue weighted by atomic mass is 10.1. The van der Waals surface area contributed by atoms with Crippen molar-refractivity contribution in [3.63, 3.8) is 0 Å². The van der Waals surface area contributed by atoms with E-state index in [-0.39, 0.29) is 16.0 Å². The lowest BCUT2D eigenvalue weighted by Crippen LogP contribution is -2.41. The van der Waals surface area contributed by atoms with Gasteiger partial charge in [-0.25, -0.2) is 9.69 Å². The van der Waals surface area contributed by atoms with Crippen LogP contribution in [0.2, 0.25) is 0 Å². The van der Waals surface area contributed by atoms with Gasteiger partial charge in [-0.2, -0.15) is 0 Å². The van der Waals surface area contributed by atoms with Gasteiger partial charge in [0.25, 0.3) is 11.8 Å². The van der Waals surface area contributed by atoms with Crippen LogP contribution in [0, 0.1) is 0 Å². The van der Waals surface area contributed by atoms with Crippen molar-refractivity contribution in [3.05, 3.63) is 35.4 Å². The van der Waals surface area contributed by atoms with E-state index in [1.165, 1.54) is 12.1 Å². The van der Waals surface area contributed by atoms with Crippen molar-refractivity contribution in [2.75, 3.05) is 7.11 Å². The Kier molecular flexibility index (Phi) is 2.47. The molecular weight excluding hydrogens is 226 g/mol. The molecule has 17 heavy (non-hydrogen) atoms. The highest BCUT2D eigenvalue weighted by atomic mass is 16.5. The van der Waals surface area contributed by atoms with Gasteiger partial charge in [-0.3, -0.25) is 14.4 Å². The third-order valence-electron chi connectivity index (χ3n) is 2.36. The van der Waals surface area contributed by atoms with E-state index in [2.05, 4.69) is 4.74 Å². The fourth-order valence-corrected chi connectivity index (χ4v) is 1.55. The molecule has 0 atom stereocenters. The molecule has 0 aromatic heterocycles. The minimum absolute atomic E-state index is 0.106. The molecular formula is C11H7NO5. The number of imide groups is 3. The molecule has 0 radical (unpaired) electrons. The summed E-state index contributed by atoms with van der Waals surface area (Å²) < 4.78 is 4.19. The topological polar surface area (TPSA) is 80.8 Å². The molecule has 0 fully saturated rings. The van der Waals surface area contributed by atoms with Gasteiger partial charge in [0.2, 0.25) is 0 Å². The molecule has 2 rings (SSSR count). The van der Waals surface area contributed by atoms with Gasteiger partial charge in [0.1, 0.15) is 0 Å². The van der Waals surface area contributed by atoms with E-state index < -0.39 is 23.7 Å². The molecule has 1 heterocycles. The molecule has 86 valence electrons. The molecule has 0 saturated heterocycles. The van der Waals surface area contributed by atoms with E-state index in [1.54, 1.807) is 12.1 Å². The van der Waals surface area contributed by atoms with Gasteiger partial charge >= 0.3 is 11.9 Å². The molecule has 0 saturated carbocycles. The summed E-state index contributed by atoms with van der Waals surface area (Å²) in [4.78, 5) is 46.3. The summed E-state index contributed by atoms with van der Waals surface area (Å²) in [5.41, 5.74) is 0.213. The van der Waals surface area contributed by atoms with Crippen LogP contribution < -0.4 is 0 Å².